The van der Waals surface area contributed by atoms with Crippen molar-refractivity contribution in [2.45, 2.75) is 44.9 Å². The van der Waals surface area contributed by atoms with Crippen molar-refractivity contribution in [1.82, 2.24) is 5.32 Å². The Bertz CT molecular complexity index is 284. The molecule has 0 saturated carbocycles. The van der Waals surface area contributed by atoms with Crippen molar-refractivity contribution >= 4 is 0 Å². The fourth-order valence-corrected chi connectivity index (χ4v) is 2.21. The molecule has 1 aromatic rings. The standard InChI is InChI=1S/C12H19NO2/c1-3-13-12(10-6-7-14-8-10)11-5-4-9(2)15-11/h6-9,11-13H,3-5H2,1-2H3. The van der Waals surface area contributed by atoms with Crippen molar-refractivity contribution in [3.8, 4) is 0 Å². The second-order valence-electron chi connectivity index (χ2n) is 4.15. The number of likely N-dealkylation sites (N-methyl/N-ethyl adjacent to an activating group) is 1. The van der Waals surface area contributed by atoms with Gasteiger partial charge in [-0.2, -0.15) is 0 Å². The molecule has 0 aliphatic carbocycles. The van der Waals surface area contributed by atoms with Crippen LogP contribution in [0.4, 0.5) is 0 Å². The predicted octanol–water partition coefficient (Wildman–Crippen LogP) is 2.50. The Morgan fingerprint density at radius 1 is 1.53 bits per heavy atom. The van der Waals surface area contributed by atoms with Crippen LogP contribution in [0.15, 0.2) is 23.0 Å². The minimum absolute atomic E-state index is 0.277. The maximum absolute atomic E-state index is 5.90. The molecule has 1 saturated heterocycles. The first kappa shape index (κ1) is 10.7. The second kappa shape index (κ2) is 4.81. The monoisotopic (exact) mass is 209 g/mol. The summed E-state index contributed by atoms with van der Waals surface area (Å²) in [7, 11) is 0. The Morgan fingerprint density at radius 2 is 2.40 bits per heavy atom. The molecule has 2 rings (SSSR count). The molecular weight excluding hydrogens is 190 g/mol. The Morgan fingerprint density at radius 3 is 2.93 bits per heavy atom. The molecule has 0 aromatic carbocycles. The average molecular weight is 209 g/mol. The lowest BCUT2D eigenvalue weighted by atomic mass is 10.0. The van der Waals surface area contributed by atoms with E-state index in [1.54, 1.807) is 12.5 Å². The van der Waals surface area contributed by atoms with Crippen LogP contribution in [0.1, 0.15) is 38.3 Å². The smallest absolute Gasteiger partial charge is 0.0951 e. The van der Waals surface area contributed by atoms with E-state index in [4.69, 9.17) is 9.15 Å². The third kappa shape index (κ3) is 2.41. The predicted molar refractivity (Wildman–Crippen MR) is 58.7 cm³/mol. The zero-order valence-electron chi connectivity index (χ0n) is 9.40. The van der Waals surface area contributed by atoms with Crippen molar-refractivity contribution < 1.29 is 9.15 Å². The Hall–Kier alpha value is -0.800. The number of furan rings is 1. The largest absolute Gasteiger partial charge is 0.472 e. The van der Waals surface area contributed by atoms with Gasteiger partial charge in [-0.3, -0.25) is 0 Å². The van der Waals surface area contributed by atoms with E-state index < -0.39 is 0 Å². The lowest BCUT2D eigenvalue weighted by molar-refractivity contribution is 0.0318. The molecule has 3 heteroatoms. The molecule has 3 atom stereocenters. The highest BCUT2D eigenvalue weighted by molar-refractivity contribution is 5.14. The second-order valence-corrected chi connectivity index (χ2v) is 4.15. The number of ether oxygens (including phenoxy) is 1. The number of hydrogen-bond donors (Lipinski definition) is 1. The number of hydrogen-bond acceptors (Lipinski definition) is 3. The van der Waals surface area contributed by atoms with Gasteiger partial charge in [-0.05, 0) is 32.4 Å². The van der Waals surface area contributed by atoms with Gasteiger partial charge in [0.25, 0.3) is 0 Å². The van der Waals surface area contributed by atoms with Crippen molar-refractivity contribution in [3.05, 3.63) is 24.2 Å². The molecule has 2 heterocycles. The highest BCUT2D eigenvalue weighted by Gasteiger charge is 2.30. The SMILES string of the molecule is CCNC(c1ccoc1)C1CCC(C)O1. The molecule has 1 N–H and O–H groups in total. The highest BCUT2D eigenvalue weighted by atomic mass is 16.5. The fourth-order valence-electron chi connectivity index (χ4n) is 2.21. The first-order chi connectivity index (χ1) is 7.31. The molecule has 1 fully saturated rings. The van der Waals surface area contributed by atoms with Gasteiger partial charge in [0, 0.05) is 5.56 Å². The van der Waals surface area contributed by atoms with Crippen LogP contribution in [0.2, 0.25) is 0 Å². The number of nitrogens with one attached hydrogen (secondary N) is 1. The van der Waals surface area contributed by atoms with Crippen LogP contribution >= 0.6 is 0 Å². The van der Waals surface area contributed by atoms with Gasteiger partial charge in [0.1, 0.15) is 0 Å². The lowest BCUT2D eigenvalue weighted by Gasteiger charge is -2.23. The van der Waals surface area contributed by atoms with E-state index in [1.165, 1.54) is 5.56 Å². The molecule has 3 unspecified atom stereocenters. The molecule has 1 aliphatic heterocycles. The van der Waals surface area contributed by atoms with E-state index in [0.29, 0.717) is 6.10 Å². The Kier molecular flexibility index (Phi) is 3.44. The van der Waals surface area contributed by atoms with E-state index >= 15 is 0 Å². The molecule has 0 bridgehead atoms. The lowest BCUT2D eigenvalue weighted by Crippen LogP contribution is -2.31. The summed E-state index contributed by atoms with van der Waals surface area (Å²) in [5, 5.41) is 3.46. The summed E-state index contributed by atoms with van der Waals surface area (Å²) in [5.74, 6) is 0. The first-order valence-electron chi connectivity index (χ1n) is 5.72. The van der Waals surface area contributed by atoms with Crippen LogP contribution in [0.5, 0.6) is 0 Å². The van der Waals surface area contributed by atoms with Gasteiger partial charge in [-0.1, -0.05) is 6.92 Å². The van der Waals surface area contributed by atoms with Gasteiger partial charge >= 0.3 is 0 Å². The zero-order valence-corrected chi connectivity index (χ0v) is 9.40. The van der Waals surface area contributed by atoms with Crippen molar-refractivity contribution in [3.63, 3.8) is 0 Å². The van der Waals surface area contributed by atoms with E-state index in [-0.39, 0.29) is 12.1 Å². The third-order valence-electron chi connectivity index (χ3n) is 2.96. The molecule has 0 spiro atoms. The zero-order chi connectivity index (χ0) is 10.7. The van der Waals surface area contributed by atoms with Crippen LogP contribution in [-0.4, -0.2) is 18.8 Å². The van der Waals surface area contributed by atoms with Gasteiger partial charge in [0.05, 0.1) is 30.8 Å². The molecule has 3 nitrogen and oxygen atoms in total. The van der Waals surface area contributed by atoms with Crippen molar-refractivity contribution in [1.29, 1.82) is 0 Å². The summed E-state index contributed by atoms with van der Waals surface area (Å²) in [6.45, 7) is 5.20. The minimum Gasteiger partial charge on any atom is -0.472 e. The first-order valence-corrected chi connectivity index (χ1v) is 5.72. The third-order valence-corrected chi connectivity index (χ3v) is 2.96. The normalized spacial score (nSPS) is 28.1. The van der Waals surface area contributed by atoms with Crippen LogP contribution < -0.4 is 5.32 Å². The van der Waals surface area contributed by atoms with Gasteiger partial charge < -0.3 is 14.5 Å². The van der Waals surface area contributed by atoms with Crippen molar-refractivity contribution in [2.24, 2.45) is 0 Å². The van der Waals surface area contributed by atoms with Crippen LogP contribution in [0.3, 0.4) is 0 Å². The van der Waals surface area contributed by atoms with E-state index in [0.717, 1.165) is 19.4 Å². The quantitative estimate of drug-likeness (QED) is 0.827. The number of rotatable bonds is 4. The minimum atomic E-state index is 0.277. The molecular formula is C12H19NO2. The maximum Gasteiger partial charge on any atom is 0.0951 e. The maximum atomic E-state index is 5.90. The van der Waals surface area contributed by atoms with Gasteiger partial charge in [0.15, 0.2) is 0 Å². The van der Waals surface area contributed by atoms with E-state index in [2.05, 4.69) is 19.2 Å². The van der Waals surface area contributed by atoms with Crippen molar-refractivity contribution in [2.75, 3.05) is 6.54 Å². The molecule has 0 radical (unpaired) electrons. The summed E-state index contributed by atoms with van der Waals surface area (Å²) in [6, 6.07) is 2.29. The van der Waals surface area contributed by atoms with E-state index in [9.17, 15) is 0 Å². The average Bonchev–Trinajstić information content (AvgIpc) is 2.85. The molecule has 0 amide bonds. The topological polar surface area (TPSA) is 34.4 Å². The molecule has 1 aromatic heterocycles. The van der Waals surface area contributed by atoms with E-state index in [1.807, 2.05) is 6.07 Å². The Balaban J connectivity index is 2.06. The summed E-state index contributed by atoms with van der Waals surface area (Å²) in [4.78, 5) is 0. The van der Waals surface area contributed by atoms with Crippen LogP contribution in [0.25, 0.3) is 0 Å². The van der Waals surface area contributed by atoms with Crippen LogP contribution in [-0.2, 0) is 4.74 Å². The molecule has 15 heavy (non-hydrogen) atoms. The summed E-state index contributed by atoms with van der Waals surface area (Å²) >= 11 is 0. The van der Waals surface area contributed by atoms with Gasteiger partial charge in [-0.25, -0.2) is 0 Å². The highest BCUT2D eigenvalue weighted by Crippen LogP contribution is 2.30. The molecule has 84 valence electrons. The summed E-state index contributed by atoms with van der Waals surface area (Å²) < 4.78 is 11.0. The van der Waals surface area contributed by atoms with Gasteiger partial charge in [-0.15, -0.1) is 0 Å². The van der Waals surface area contributed by atoms with Crippen LogP contribution in [0, 0.1) is 0 Å². The Labute approximate surface area is 90.8 Å². The summed E-state index contributed by atoms with van der Waals surface area (Å²) in [5.41, 5.74) is 1.19. The van der Waals surface area contributed by atoms with Gasteiger partial charge in [0.2, 0.25) is 0 Å². The fraction of sp³-hybridized carbons (Fsp3) is 0.667. The summed E-state index contributed by atoms with van der Waals surface area (Å²) in [6.07, 6.45) is 6.49. The molecule has 1 aliphatic rings.